The molecule has 4 rings (SSSR count). The molecule has 4 atom stereocenters. The molecule has 172 valence electrons. The number of nitrogens with zero attached hydrogens (tertiary/aromatic N) is 1. The highest BCUT2D eigenvalue weighted by Crippen LogP contribution is 2.53. The van der Waals surface area contributed by atoms with E-state index < -0.39 is 41.3 Å². The second-order valence-corrected chi connectivity index (χ2v) is 8.45. The second kappa shape index (κ2) is 8.78. The Morgan fingerprint density at radius 2 is 1.73 bits per heavy atom. The third kappa shape index (κ3) is 3.70. The Balaban J connectivity index is 1.82. The molecule has 0 spiro atoms. The summed E-state index contributed by atoms with van der Waals surface area (Å²) >= 11 is 0. The average Bonchev–Trinajstić information content (AvgIpc) is 3.28. The van der Waals surface area contributed by atoms with E-state index in [0.29, 0.717) is 23.3 Å². The van der Waals surface area contributed by atoms with Gasteiger partial charge in [0.05, 0.1) is 11.8 Å². The monoisotopic (exact) mass is 450 g/mol. The minimum atomic E-state index is -1.75. The van der Waals surface area contributed by atoms with Gasteiger partial charge in [0.2, 0.25) is 11.8 Å². The van der Waals surface area contributed by atoms with Crippen LogP contribution < -0.4 is 10.1 Å². The summed E-state index contributed by atoms with van der Waals surface area (Å²) in [6, 6.07) is 14.4. The zero-order valence-corrected chi connectivity index (χ0v) is 18.5. The van der Waals surface area contributed by atoms with Crippen LogP contribution in [0.4, 0.5) is 0 Å². The normalized spacial score (nSPS) is 26.4. The van der Waals surface area contributed by atoms with Gasteiger partial charge in [-0.05, 0) is 29.7 Å². The number of unbranched alkanes of at least 4 members (excludes halogenated alkanes) is 1. The Labute approximate surface area is 191 Å². The molecule has 8 heteroatoms. The maximum Gasteiger partial charge on any atom is 0.329 e. The fourth-order valence-electron chi connectivity index (χ4n) is 4.99. The number of likely N-dealkylation sites (tertiary alicyclic amines) is 1. The summed E-state index contributed by atoms with van der Waals surface area (Å²) in [6.45, 7) is 3.53. The van der Waals surface area contributed by atoms with E-state index in [1.807, 2.05) is 6.92 Å². The van der Waals surface area contributed by atoms with Gasteiger partial charge in [-0.2, -0.15) is 0 Å². The molecule has 8 nitrogen and oxygen atoms in total. The van der Waals surface area contributed by atoms with Gasteiger partial charge in [0.1, 0.15) is 5.75 Å². The van der Waals surface area contributed by atoms with Crippen molar-refractivity contribution in [1.82, 2.24) is 10.2 Å². The quantitative estimate of drug-likeness (QED) is 0.379. The molecule has 2 heterocycles. The Morgan fingerprint density at radius 1 is 1.06 bits per heavy atom. The number of hydrogen-bond donors (Lipinski definition) is 2. The molecule has 33 heavy (non-hydrogen) atoms. The zero-order valence-electron chi connectivity index (χ0n) is 18.5. The number of amides is 2. The van der Waals surface area contributed by atoms with Crippen LogP contribution in [0.25, 0.3) is 0 Å². The van der Waals surface area contributed by atoms with E-state index in [0.717, 1.165) is 6.42 Å². The summed E-state index contributed by atoms with van der Waals surface area (Å²) in [4.78, 5) is 52.2. The molecular weight excluding hydrogens is 424 g/mol. The summed E-state index contributed by atoms with van der Waals surface area (Å²) in [6.07, 6.45) is 1.45. The predicted molar refractivity (Wildman–Crippen MR) is 118 cm³/mol. The number of carbonyl (C=O) groups is 4. The number of carboxylic acid groups (broad SMARTS) is 1. The molecule has 2 aromatic rings. The van der Waals surface area contributed by atoms with Crippen LogP contribution in [0.15, 0.2) is 54.6 Å². The molecule has 2 aromatic carbocycles. The van der Waals surface area contributed by atoms with Crippen molar-refractivity contribution in [3.8, 4) is 5.75 Å². The van der Waals surface area contributed by atoms with Crippen LogP contribution in [0, 0.1) is 11.8 Å². The largest absolute Gasteiger partial charge is 0.480 e. The lowest BCUT2D eigenvalue weighted by molar-refractivity contribution is -0.152. The Bertz CT molecular complexity index is 1080. The first-order valence-corrected chi connectivity index (χ1v) is 11.0. The topological polar surface area (TPSA) is 113 Å². The summed E-state index contributed by atoms with van der Waals surface area (Å²) in [5, 5.41) is 13.6. The first-order chi connectivity index (χ1) is 15.8. The van der Waals surface area contributed by atoms with E-state index in [-0.39, 0.29) is 12.5 Å². The molecular formula is C25H26N2O6. The van der Waals surface area contributed by atoms with E-state index in [4.69, 9.17) is 4.74 Å². The number of imide groups is 1. The van der Waals surface area contributed by atoms with Crippen LogP contribution in [0.1, 0.15) is 43.9 Å². The predicted octanol–water partition coefficient (Wildman–Crippen LogP) is 2.64. The first-order valence-electron chi connectivity index (χ1n) is 11.0. The average molecular weight is 450 g/mol. The van der Waals surface area contributed by atoms with Crippen molar-refractivity contribution in [2.24, 2.45) is 11.8 Å². The van der Waals surface area contributed by atoms with E-state index in [9.17, 15) is 24.3 Å². The molecule has 0 radical (unpaired) electrons. The van der Waals surface area contributed by atoms with Gasteiger partial charge in [-0.3, -0.25) is 24.6 Å². The number of esters is 1. The van der Waals surface area contributed by atoms with Gasteiger partial charge >= 0.3 is 11.9 Å². The third-order valence-electron chi connectivity index (χ3n) is 6.45. The lowest BCUT2D eigenvalue weighted by Gasteiger charge is -2.31. The van der Waals surface area contributed by atoms with Crippen molar-refractivity contribution in [3.05, 3.63) is 65.7 Å². The molecule has 2 N–H and O–H groups in total. The fraction of sp³-hybridized carbons (Fsp3) is 0.360. The highest BCUT2D eigenvalue weighted by atomic mass is 16.5. The Kier molecular flexibility index (Phi) is 6.03. The smallest absolute Gasteiger partial charge is 0.329 e. The SMILES string of the molecule is CCCCN1C(=O)C2C(c3ccc(OC(C)=O)cc3)NC(C(=O)O)(c3ccccc3)C2C1=O. The van der Waals surface area contributed by atoms with Crippen molar-refractivity contribution >= 4 is 23.8 Å². The van der Waals surface area contributed by atoms with Gasteiger partial charge in [-0.15, -0.1) is 0 Å². The molecule has 0 saturated carbocycles. The molecule has 2 amide bonds. The van der Waals surface area contributed by atoms with Gasteiger partial charge in [0, 0.05) is 19.5 Å². The van der Waals surface area contributed by atoms with Crippen LogP contribution in [0.3, 0.4) is 0 Å². The molecule has 2 aliphatic heterocycles. The number of aliphatic carboxylic acids is 1. The van der Waals surface area contributed by atoms with Crippen molar-refractivity contribution in [1.29, 1.82) is 0 Å². The summed E-state index contributed by atoms with van der Waals surface area (Å²) in [7, 11) is 0. The number of carboxylic acids is 1. The van der Waals surface area contributed by atoms with Crippen molar-refractivity contribution in [3.63, 3.8) is 0 Å². The van der Waals surface area contributed by atoms with Crippen molar-refractivity contribution in [2.75, 3.05) is 6.54 Å². The Morgan fingerprint density at radius 3 is 2.30 bits per heavy atom. The third-order valence-corrected chi connectivity index (χ3v) is 6.45. The number of rotatable bonds is 7. The van der Waals surface area contributed by atoms with Gasteiger partial charge in [-0.1, -0.05) is 55.8 Å². The molecule has 2 saturated heterocycles. The number of hydrogen-bond acceptors (Lipinski definition) is 6. The van der Waals surface area contributed by atoms with Crippen LogP contribution in [-0.2, 0) is 24.7 Å². The molecule has 2 fully saturated rings. The van der Waals surface area contributed by atoms with E-state index in [1.54, 1.807) is 54.6 Å². The first kappa shape index (κ1) is 22.7. The van der Waals surface area contributed by atoms with Crippen molar-refractivity contribution in [2.45, 2.75) is 38.3 Å². The maximum atomic E-state index is 13.5. The molecule has 2 aliphatic rings. The molecule has 0 aliphatic carbocycles. The summed E-state index contributed by atoms with van der Waals surface area (Å²) in [5.74, 6) is -4.10. The van der Waals surface area contributed by atoms with Crippen molar-refractivity contribution < 1.29 is 29.0 Å². The van der Waals surface area contributed by atoms with E-state index in [2.05, 4.69) is 5.32 Å². The number of nitrogens with one attached hydrogen (secondary N) is 1. The molecule has 4 unspecified atom stereocenters. The zero-order chi connectivity index (χ0) is 23.8. The van der Waals surface area contributed by atoms with E-state index >= 15 is 0 Å². The van der Waals surface area contributed by atoms with Gasteiger partial charge in [0.25, 0.3) is 0 Å². The minimum absolute atomic E-state index is 0.268. The summed E-state index contributed by atoms with van der Waals surface area (Å²) < 4.78 is 5.08. The van der Waals surface area contributed by atoms with Crippen LogP contribution >= 0.6 is 0 Å². The molecule has 0 bridgehead atoms. The minimum Gasteiger partial charge on any atom is -0.480 e. The number of fused-ring (bicyclic) bond motifs is 1. The lowest BCUT2D eigenvalue weighted by Crippen LogP contribution is -2.53. The van der Waals surface area contributed by atoms with Gasteiger partial charge < -0.3 is 9.84 Å². The van der Waals surface area contributed by atoms with Gasteiger partial charge in [-0.25, -0.2) is 4.79 Å². The highest BCUT2D eigenvalue weighted by molar-refractivity contribution is 6.09. The maximum absolute atomic E-state index is 13.5. The Hall–Kier alpha value is -3.52. The van der Waals surface area contributed by atoms with Crippen LogP contribution in [0.2, 0.25) is 0 Å². The number of carbonyl (C=O) groups excluding carboxylic acids is 3. The van der Waals surface area contributed by atoms with Crippen LogP contribution in [-0.4, -0.2) is 40.3 Å². The lowest BCUT2D eigenvalue weighted by atomic mass is 9.75. The highest BCUT2D eigenvalue weighted by Gasteiger charge is 2.69. The fourth-order valence-corrected chi connectivity index (χ4v) is 4.99. The molecule has 0 aromatic heterocycles. The van der Waals surface area contributed by atoms with E-state index in [1.165, 1.54) is 11.8 Å². The van der Waals surface area contributed by atoms with Gasteiger partial charge in [0.15, 0.2) is 5.54 Å². The summed E-state index contributed by atoms with van der Waals surface area (Å²) in [5.41, 5.74) is -0.692. The standard InChI is InChI=1S/C25H26N2O6/c1-3-4-14-27-22(29)19-20(23(27)30)25(24(31)32,17-8-6-5-7-9-17)26-21(19)16-10-12-18(13-11-16)33-15(2)28/h5-13,19-21,26H,3-4,14H2,1-2H3,(H,31,32). The second-order valence-electron chi connectivity index (χ2n) is 8.45. The number of ether oxygens (including phenoxy) is 1. The number of benzene rings is 2. The van der Waals surface area contributed by atoms with Crippen LogP contribution in [0.5, 0.6) is 5.75 Å².